The first kappa shape index (κ1) is 22.7. The lowest BCUT2D eigenvalue weighted by Crippen LogP contribution is -2.35. The SMILES string of the molecule is Cc1cc([C@@H](C)Nc2ccc(Cl)nc2C(=O)O)c2oc(N3CCC4(CC3)CC4)c(C)c(=O)c2c1. The van der Waals surface area contributed by atoms with Crippen molar-refractivity contribution in [3.8, 4) is 0 Å². The molecule has 1 atom stereocenters. The molecule has 0 bridgehead atoms. The molecule has 0 amide bonds. The zero-order chi connectivity index (χ0) is 24.2. The Kier molecular flexibility index (Phi) is 5.55. The van der Waals surface area contributed by atoms with E-state index < -0.39 is 5.97 Å². The van der Waals surface area contributed by atoms with Gasteiger partial charge >= 0.3 is 5.97 Å². The molecule has 1 aromatic carbocycles. The van der Waals surface area contributed by atoms with Crippen molar-refractivity contribution in [3.05, 3.63) is 62.0 Å². The van der Waals surface area contributed by atoms with Crippen LogP contribution in [0.1, 0.15) is 65.8 Å². The average Bonchev–Trinajstić information content (AvgIpc) is 3.56. The van der Waals surface area contributed by atoms with Crippen molar-refractivity contribution < 1.29 is 14.3 Å². The maximum absolute atomic E-state index is 13.4. The number of piperidine rings is 1. The van der Waals surface area contributed by atoms with Crippen LogP contribution in [0.15, 0.2) is 33.5 Å². The topological polar surface area (TPSA) is 95.7 Å². The second-order valence-corrected chi connectivity index (χ2v) is 10.2. The van der Waals surface area contributed by atoms with Gasteiger partial charge in [-0.15, -0.1) is 0 Å². The van der Waals surface area contributed by atoms with E-state index in [1.165, 1.54) is 12.8 Å². The minimum absolute atomic E-state index is 0.0282. The van der Waals surface area contributed by atoms with Crippen molar-refractivity contribution in [1.29, 1.82) is 0 Å². The monoisotopic (exact) mass is 481 g/mol. The number of fused-ring (bicyclic) bond motifs is 1. The van der Waals surface area contributed by atoms with E-state index in [1.54, 1.807) is 12.1 Å². The highest BCUT2D eigenvalue weighted by molar-refractivity contribution is 6.29. The molecule has 1 aliphatic heterocycles. The van der Waals surface area contributed by atoms with Gasteiger partial charge in [-0.3, -0.25) is 4.79 Å². The molecule has 34 heavy (non-hydrogen) atoms. The van der Waals surface area contributed by atoms with Gasteiger partial charge < -0.3 is 19.7 Å². The molecule has 8 heteroatoms. The lowest BCUT2D eigenvalue weighted by Gasteiger charge is -2.33. The fraction of sp³-hybridized carbons (Fsp3) is 0.423. The van der Waals surface area contributed by atoms with E-state index in [9.17, 15) is 14.7 Å². The van der Waals surface area contributed by atoms with Crippen LogP contribution in [0.2, 0.25) is 5.15 Å². The molecule has 1 saturated heterocycles. The number of anilines is 2. The van der Waals surface area contributed by atoms with Crippen LogP contribution in [0.4, 0.5) is 11.6 Å². The molecular weight excluding hydrogens is 454 g/mol. The molecule has 2 N–H and O–H groups in total. The quantitative estimate of drug-likeness (QED) is 0.450. The summed E-state index contributed by atoms with van der Waals surface area (Å²) in [5.41, 5.74) is 3.56. The molecule has 3 aromatic rings. The smallest absolute Gasteiger partial charge is 0.356 e. The first-order chi connectivity index (χ1) is 16.2. The number of hydrogen-bond acceptors (Lipinski definition) is 6. The third-order valence-electron chi connectivity index (χ3n) is 7.34. The van der Waals surface area contributed by atoms with Crippen LogP contribution in [0.25, 0.3) is 11.0 Å². The number of pyridine rings is 1. The minimum atomic E-state index is -1.17. The fourth-order valence-corrected chi connectivity index (χ4v) is 5.21. The van der Waals surface area contributed by atoms with E-state index >= 15 is 0 Å². The molecule has 2 fully saturated rings. The number of benzene rings is 1. The fourth-order valence-electron chi connectivity index (χ4n) is 5.07. The summed E-state index contributed by atoms with van der Waals surface area (Å²) in [7, 11) is 0. The summed E-state index contributed by atoms with van der Waals surface area (Å²) in [5, 5.41) is 13.4. The van der Waals surface area contributed by atoms with E-state index in [4.69, 9.17) is 16.0 Å². The molecule has 1 spiro atoms. The van der Waals surface area contributed by atoms with Crippen LogP contribution in [0.5, 0.6) is 0 Å². The Morgan fingerprint density at radius 1 is 1.21 bits per heavy atom. The summed E-state index contributed by atoms with van der Waals surface area (Å²) in [6.07, 6.45) is 4.89. The van der Waals surface area contributed by atoms with Crippen molar-refractivity contribution in [2.45, 2.75) is 52.5 Å². The van der Waals surface area contributed by atoms with E-state index in [2.05, 4.69) is 15.2 Å². The number of halogens is 1. The van der Waals surface area contributed by atoms with Gasteiger partial charge in [0.25, 0.3) is 0 Å². The van der Waals surface area contributed by atoms with Crippen LogP contribution < -0.4 is 15.6 Å². The Balaban J connectivity index is 1.56. The molecular formula is C26H28ClN3O4. The number of hydrogen-bond donors (Lipinski definition) is 2. The maximum atomic E-state index is 13.4. The van der Waals surface area contributed by atoms with E-state index in [0.29, 0.717) is 33.5 Å². The van der Waals surface area contributed by atoms with Gasteiger partial charge in [-0.1, -0.05) is 17.7 Å². The maximum Gasteiger partial charge on any atom is 0.356 e. The Hall–Kier alpha value is -3.06. The van der Waals surface area contributed by atoms with Gasteiger partial charge in [-0.05, 0) is 75.6 Å². The Morgan fingerprint density at radius 2 is 1.91 bits per heavy atom. The molecule has 1 saturated carbocycles. The van der Waals surface area contributed by atoms with Crippen molar-refractivity contribution in [1.82, 2.24) is 4.98 Å². The van der Waals surface area contributed by atoms with Gasteiger partial charge in [0.1, 0.15) is 10.7 Å². The minimum Gasteiger partial charge on any atom is -0.476 e. The standard InChI is InChI=1S/C26H28ClN3O4/c1-14-12-17(16(3)28-19-4-5-20(27)29-21(19)25(32)33)23-18(13-14)22(31)15(2)24(34-23)30-10-8-26(6-7-26)9-11-30/h4-5,12-13,16,28H,6-11H2,1-3H3,(H,32,33)/t16-/m1/s1. The molecule has 2 aliphatic rings. The number of aromatic nitrogens is 1. The summed E-state index contributed by atoms with van der Waals surface area (Å²) < 4.78 is 6.48. The Labute approximate surface area is 202 Å². The molecule has 1 aliphatic carbocycles. The largest absolute Gasteiger partial charge is 0.476 e. The van der Waals surface area contributed by atoms with Gasteiger partial charge in [0.2, 0.25) is 5.88 Å². The summed E-state index contributed by atoms with van der Waals surface area (Å²) in [5.74, 6) is -0.529. The molecule has 3 heterocycles. The summed E-state index contributed by atoms with van der Waals surface area (Å²) in [6.45, 7) is 7.46. The second-order valence-electron chi connectivity index (χ2n) is 9.78. The van der Waals surface area contributed by atoms with E-state index in [-0.39, 0.29) is 22.3 Å². The van der Waals surface area contributed by atoms with Gasteiger partial charge in [0.05, 0.1) is 22.7 Å². The van der Waals surface area contributed by atoms with Crippen LogP contribution in [0.3, 0.4) is 0 Å². The van der Waals surface area contributed by atoms with Crippen LogP contribution in [-0.2, 0) is 0 Å². The van der Waals surface area contributed by atoms with Crippen LogP contribution in [-0.4, -0.2) is 29.1 Å². The number of rotatable bonds is 5. The number of nitrogens with zero attached hydrogens (tertiary/aromatic N) is 2. The normalized spacial score (nSPS) is 17.7. The van der Waals surface area contributed by atoms with Gasteiger partial charge in [0.15, 0.2) is 11.1 Å². The molecule has 178 valence electrons. The predicted octanol–water partition coefficient (Wildman–Crippen LogP) is 5.71. The number of aromatic carboxylic acids is 1. The van der Waals surface area contributed by atoms with E-state index in [0.717, 1.165) is 37.1 Å². The zero-order valence-electron chi connectivity index (χ0n) is 19.6. The summed E-state index contributed by atoms with van der Waals surface area (Å²) in [4.78, 5) is 31.2. The first-order valence-electron chi connectivity index (χ1n) is 11.7. The van der Waals surface area contributed by atoms with Crippen LogP contribution in [0, 0.1) is 19.3 Å². The van der Waals surface area contributed by atoms with Crippen molar-refractivity contribution >= 4 is 40.1 Å². The number of carbonyl (C=O) groups is 1. The Bertz CT molecular complexity index is 1350. The lowest BCUT2D eigenvalue weighted by atomic mass is 9.93. The average molecular weight is 482 g/mol. The molecule has 5 rings (SSSR count). The van der Waals surface area contributed by atoms with Gasteiger partial charge in [0, 0.05) is 18.7 Å². The van der Waals surface area contributed by atoms with Gasteiger partial charge in [-0.2, -0.15) is 0 Å². The third kappa shape index (κ3) is 4.02. The molecule has 0 unspecified atom stereocenters. The lowest BCUT2D eigenvalue weighted by molar-refractivity contribution is 0.0691. The summed E-state index contributed by atoms with van der Waals surface area (Å²) >= 11 is 5.90. The molecule has 0 radical (unpaired) electrons. The highest BCUT2D eigenvalue weighted by Gasteiger charge is 2.45. The van der Waals surface area contributed by atoms with E-state index in [1.807, 2.05) is 32.9 Å². The van der Waals surface area contributed by atoms with Crippen molar-refractivity contribution in [3.63, 3.8) is 0 Å². The molecule has 7 nitrogen and oxygen atoms in total. The Morgan fingerprint density at radius 3 is 2.56 bits per heavy atom. The zero-order valence-corrected chi connectivity index (χ0v) is 20.3. The third-order valence-corrected chi connectivity index (χ3v) is 7.55. The second kappa shape index (κ2) is 8.31. The number of nitrogens with one attached hydrogen (secondary N) is 1. The molecule has 2 aromatic heterocycles. The van der Waals surface area contributed by atoms with Crippen molar-refractivity contribution in [2.24, 2.45) is 5.41 Å². The van der Waals surface area contributed by atoms with Gasteiger partial charge in [-0.25, -0.2) is 9.78 Å². The van der Waals surface area contributed by atoms with Crippen molar-refractivity contribution in [2.75, 3.05) is 23.3 Å². The summed E-state index contributed by atoms with van der Waals surface area (Å²) in [6, 6.07) is 6.62. The number of carboxylic acid groups (broad SMARTS) is 1. The number of aryl methyl sites for hydroxylation is 1. The first-order valence-corrected chi connectivity index (χ1v) is 12.0. The highest BCUT2D eigenvalue weighted by atomic mass is 35.5. The predicted molar refractivity (Wildman–Crippen MR) is 133 cm³/mol. The van der Waals surface area contributed by atoms with Crippen LogP contribution >= 0.6 is 11.6 Å². The number of carboxylic acids is 1. The highest BCUT2D eigenvalue weighted by Crippen LogP contribution is 2.54.